The molecule has 132 valence electrons. The fraction of sp³-hybridized carbons (Fsp3) is 0.409. The number of benzene rings is 2. The number of nitrogens with zero attached hydrogens (tertiary/aromatic N) is 1. The molecule has 0 aromatic heterocycles. The highest BCUT2D eigenvalue weighted by molar-refractivity contribution is 5.94. The Morgan fingerprint density at radius 2 is 1.84 bits per heavy atom. The molecule has 1 amide bonds. The van der Waals surface area contributed by atoms with E-state index >= 15 is 0 Å². The second-order valence-electron chi connectivity index (χ2n) is 7.17. The molecule has 1 saturated heterocycles. The van der Waals surface area contributed by atoms with Crippen molar-refractivity contribution in [1.82, 2.24) is 10.2 Å². The van der Waals surface area contributed by atoms with Gasteiger partial charge >= 0.3 is 0 Å². The molecule has 0 spiro atoms. The van der Waals surface area contributed by atoms with Gasteiger partial charge in [-0.25, -0.2) is 0 Å². The number of rotatable bonds is 6. The van der Waals surface area contributed by atoms with Crippen LogP contribution in [-0.4, -0.2) is 30.4 Å². The third-order valence-electron chi connectivity index (χ3n) is 4.91. The second-order valence-corrected chi connectivity index (χ2v) is 7.17. The van der Waals surface area contributed by atoms with Crippen LogP contribution in [0.25, 0.3) is 0 Å². The summed E-state index contributed by atoms with van der Waals surface area (Å²) in [5.74, 6) is 0.803. The molecule has 25 heavy (non-hydrogen) atoms. The van der Waals surface area contributed by atoms with E-state index in [2.05, 4.69) is 41.4 Å². The van der Waals surface area contributed by atoms with Crippen LogP contribution >= 0.6 is 0 Å². The lowest BCUT2D eigenvalue weighted by Crippen LogP contribution is -2.33. The summed E-state index contributed by atoms with van der Waals surface area (Å²) in [5.41, 5.74) is 3.27. The van der Waals surface area contributed by atoms with Crippen LogP contribution in [0.3, 0.4) is 0 Å². The average Bonchev–Trinajstić information content (AvgIpc) is 2.63. The Hall–Kier alpha value is -2.13. The minimum absolute atomic E-state index is 0.00840. The van der Waals surface area contributed by atoms with Crippen molar-refractivity contribution in [2.24, 2.45) is 5.92 Å². The summed E-state index contributed by atoms with van der Waals surface area (Å²) >= 11 is 0. The van der Waals surface area contributed by atoms with Crippen LogP contribution in [0.15, 0.2) is 54.6 Å². The first-order valence-corrected chi connectivity index (χ1v) is 9.34. The first-order chi connectivity index (χ1) is 12.2. The number of carbonyl (C=O) groups is 1. The fourth-order valence-corrected chi connectivity index (χ4v) is 3.52. The van der Waals surface area contributed by atoms with E-state index in [0.717, 1.165) is 24.4 Å². The van der Waals surface area contributed by atoms with E-state index in [4.69, 9.17) is 0 Å². The molecule has 2 aromatic rings. The zero-order valence-electron chi connectivity index (χ0n) is 15.1. The summed E-state index contributed by atoms with van der Waals surface area (Å²) < 4.78 is 0. The SMILES string of the molecule is C[C@@H]1CCCN(Cc2ccc(C(=O)NCCc3ccccc3)cc2)C1. The highest BCUT2D eigenvalue weighted by Gasteiger charge is 2.16. The molecular formula is C22H28N2O. The lowest BCUT2D eigenvalue weighted by atomic mass is 9.99. The zero-order valence-corrected chi connectivity index (χ0v) is 15.1. The molecule has 3 rings (SSSR count). The Bertz CT molecular complexity index is 666. The topological polar surface area (TPSA) is 32.3 Å². The molecule has 1 fully saturated rings. The van der Waals surface area contributed by atoms with Gasteiger partial charge in [0, 0.05) is 25.2 Å². The maximum absolute atomic E-state index is 12.3. The summed E-state index contributed by atoms with van der Waals surface area (Å²) in [7, 11) is 0. The van der Waals surface area contributed by atoms with Gasteiger partial charge in [0.1, 0.15) is 0 Å². The van der Waals surface area contributed by atoms with Crippen LogP contribution in [0, 0.1) is 5.92 Å². The summed E-state index contributed by atoms with van der Waals surface area (Å²) in [5, 5.41) is 3.00. The van der Waals surface area contributed by atoms with Crippen LogP contribution < -0.4 is 5.32 Å². The Labute approximate surface area is 151 Å². The van der Waals surface area contributed by atoms with E-state index in [1.54, 1.807) is 0 Å². The molecule has 2 aromatic carbocycles. The van der Waals surface area contributed by atoms with Crippen molar-refractivity contribution in [3.8, 4) is 0 Å². The minimum Gasteiger partial charge on any atom is -0.352 e. The molecule has 0 aliphatic carbocycles. The van der Waals surface area contributed by atoms with Crippen LogP contribution in [0.1, 0.15) is 41.3 Å². The number of nitrogens with one attached hydrogen (secondary N) is 1. The molecule has 0 unspecified atom stereocenters. The van der Waals surface area contributed by atoms with Crippen molar-refractivity contribution in [3.05, 3.63) is 71.3 Å². The van der Waals surface area contributed by atoms with Crippen molar-refractivity contribution in [2.75, 3.05) is 19.6 Å². The fourth-order valence-electron chi connectivity index (χ4n) is 3.52. The maximum Gasteiger partial charge on any atom is 0.251 e. The largest absolute Gasteiger partial charge is 0.352 e. The van der Waals surface area contributed by atoms with E-state index in [-0.39, 0.29) is 5.91 Å². The first kappa shape index (κ1) is 17.7. The highest BCUT2D eigenvalue weighted by Crippen LogP contribution is 2.18. The van der Waals surface area contributed by atoms with Gasteiger partial charge in [-0.05, 0) is 55.0 Å². The van der Waals surface area contributed by atoms with Crippen LogP contribution in [0.2, 0.25) is 0 Å². The van der Waals surface area contributed by atoms with Gasteiger partial charge in [0.2, 0.25) is 0 Å². The second kappa shape index (κ2) is 8.82. The quantitative estimate of drug-likeness (QED) is 0.868. The molecule has 1 N–H and O–H groups in total. The molecule has 3 heteroatoms. The van der Waals surface area contributed by atoms with Crippen LogP contribution in [0.4, 0.5) is 0 Å². The molecule has 1 aliphatic heterocycles. The van der Waals surface area contributed by atoms with E-state index in [0.29, 0.717) is 6.54 Å². The number of likely N-dealkylation sites (tertiary alicyclic amines) is 1. The number of hydrogen-bond acceptors (Lipinski definition) is 2. The molecule has 1 heterocycles. The summed E-state index contributed by atoms with van der Waals surface area (Å²) in [6, 6.07) is 18.3. The normalized spacial score (nSPS) is 18.0. The van der Waals surface area contributed by atoms with E-state index in [1.165, 1.54) is 37.1 Å². The minimum atomic E-state index is 0.00840. The van der Waals surface area contributed by atoms with Gasteiger partial charge in [0.05, 0.1) is 0 Å². The van der Waals surface area contributed by atoms with Gasteiger partial charge in [-0.2, -0.15) is 0 Å². The summed E-state index contributed by atoms with van der Waals surface area (Å²) in [4.78, 5) is 14.8. The third kappa shape index (κ3) is 5.43. The van der Waals surface area contributed by atoms with Gasteiger partial charge in [0.15, 0.2) is 0 Å². The Morgan fingerprint density at radius 1 is 1.08 bits per heavy atom. The smallest absolute Gasteiger partial charge is 0.251 e. The molecule has 0 bridgehead atoms. The van der Waals surface area contributed by atoms with E-state index in [9.17, 15) is 4.79 Å². The Morgan fingerprint density at radius 3 is 2.56 bits per heavy atom. The third-order valence-corrected chi connectivity index (χ3v) is 4.91. The molecule has 0 radical (unpaired) electrons. The molecule has 1 aliphatic rings. The average molecular weight is 336 g/mol. The maximum atomic E-state index is 12.3. The molecule has 0 saturated carbocycles. The van der Waals surface area contributed by atoms with Crippen LogP contribution in [0.5, 0.6) is 0 Å². The van der Waals surface area contributed by atoms with Crippen molar-refractivity contribution in [1.29, 1.82) is 0 Å². The first-order valence-electron chi connectivity index (χ1n) is 9.34. The Kier molecular flexibility index (Phi) is 6.24. The molecule has 3 nitrogen and oxygen atoms in total. The summed E-state index contributed by atoms with van der Waals surface area (Å²) in [6.45, 7) is 6.35. The predicted molar refractivity (Wildman–Crippen MR) is 103 cm³/mol. The van der Waals surface area contributed by atoms with Gasteiger partial charge in [0.25, 0.3) is 5.91 Å². The molecular weight excluding hydrogens is 308 g/mol. The number of hydrogen-bond donors (Lipinski definition) is 1. The van der Waals surface area contributed by atoms with Crippen LogP contribution in [-0.2, 0) is 13.0 Å². The van der Waals surface area contributed by atoms with Crippen molar-refractivity contribution in [2.45, 2.75) is 32.7 Å². The van der Waals surface area contributed by atoms with Crippen molar-refractivity contribution in [3.63, 3.8) is 0 Å². The number of amides is 1. The lowest BCUT2D eigenvalue weighted by molar-refractivity contribution is 0.0954. The predicted octanol–water partition coefficient (Wildman–Crippen LogP) is 3.89. The summed E-state index contributed by atoms with van der Waals surface area (Å²) in [6.07, 6.45) is 3.50. The van der Waals surface area contributed by atoms with Gasteiger partial charge < -0.3 is 5.32 Å². The van der Waals surface area contributed by atoms with Gasteiger partial charge in [-0.15, -0.1) is 0 Å². The monoisotopic (exact) mass is 336 g/mol. The standard InChI is InChI=1S/C22H28N2O/c1-18-6-5-15-24(16-18)17-20-9-11-21(12-10-20)22(25)23-14-13-19-7-3-2-4-8-19/h2-4,7-12,18H,5-6,13-17H2,1H3,(H,23,25)/t18-/m1/s1. The van der Waals surface area contributed by atoms with Crippen molar-refractivity contribution < 1.29 is 4.79 Å². The van der Waals surface area contributed by atoms with E-state index in [1.807, 2.05) is 30.3 Å². The van der Waals surface area contributed by atoms with Gasteiger partial charge in [-0.1, -0.05) is 49.4 Å². The van der Waals surface area contributed by atoms with Crippen molar-refractivity contribution >= 4 is 5.91 Å². The molecule has 1 atom stereocenters. The lowest BCUT2D eigenvalue weighted by Gasteiger charge is -2.30. The van der Waals surface area contributed by atoms with E-state index < -0.39 is 0 Å². The number of carbonyl (C=O) groups excluding carboxylic acids is 1. The Balaban J connectivity index is 1.47. The number of piperidine rings is 1. The highest BCUT2D eigenvalue weighted by atomic mass is 16.1. The zero-order chi connectivity index (χ0) is 17.5. The van der Waals surface area contributed by atoms with Gasteiger partial charge in [-0.3, -0.25) is 9.69 Å².